The Morgan fingerprint density at radius 1 is 0.643 bits per heavy atom. The lowest BCUT2D eigenvalue weighted by Gasteiger charge is -2.30. The number of likely N-dealkylation sites (N-methyl/N-ethyl adjacent to an activating group) is 1. The van der Waals surface area contributed by atoms with E-state index >= 15 is 43.2 Å². The van der Waals surface area contributed by atoms with Gasteiger partial charge in [-0.05, 0) is 118 Å². The summed E-state index contributed by atoms with van der Waals surface area (Å²) in [5.41, 5.74) is 24.3. The number of urea groups is 2. The molecule has 8 rings (SSSR count). The van der Waals surface area contributed by atoms with Crippen LogP contribution < -0.4 is 60.2 Å². The Morgan fingerprint density at radius 3 is 1.85 bits per heavy atom. The van der Waals surface area contributed by atoms with Crippen LogP contribution in [0.25, 0.3) is 10.9 Å². The first-order valence-corrected chi connectivity index (χ1v) is 44.1. The number of aromatic hydroxyl groups is 2. The van der Waals surface area contributed by atoms with Gasteiger partial charge in [0.15, 0.2) is 34.7 Å². The Balaban J connectivity index is 1.29. The lowest BCUT2D eigenvalue weighted by Crippen LogP contribution is -2.52. The van der Waals surface area contributed by atoms with Gasteiger partial charge in [-0.3, -0.25) is 76.6 Å². The number of benzene rings is 3. The summed E-state index contributed by atoms with van der Waals surface area (Å²) < 4.78 is 1.26. The number of carbonyl (C=O) groups is 18. The number of aliphatic hydroxyl groups excluding tert-OH is 1. The molecule has 3 aliphatic rings. The maximum absolute atomic E-state index is 15.7. The summed E-state index contributed by atoms with van der Waals surface area (Å²) in [5, 5.41) is 80.0. The van der Waals surface area contributed by atoms with E-state index in [0.29, 0.717) is 27.6 Å². The average molecular weight is 1790 g/mol. The minimum absolute atomic E-state index is 0.00295. The molecule has 0 unspecified atom stereocenters. The molecule has 4 bridgehead atoms. The van der Waals surface area contributed by atoms with Crippen molar-refractivity contribution in [1.82, 2.24) is 67.0 Å². The quantitative estimate of drug-likeness (QED) is 0.0238. The minimum Gasteiger partial charge on any atom is -0.508 e. The highest BCUT2D eigenvalue weighted by Gasteiger charge is 2.44. The van der Waals surface area contributed by atoms with Crippen molar-refractivity contribution in [3.63, 3.8) is 0 Å². The van der Waals surface area contributed by atoms with Gasteiger partial charge in [0.25, 0.3) is 0 Å². The van der Waals surface area contributed by atoms with Gasteiger partial charge in [0.2, 0.25) is 47.3 Å². The van der Waals surface area contributed by atoms with Crippen LogP contribution in [0, 0.1) is 35.5 Å². The van der Waals surface area contributed by atoms with E-state index < -0.39 is 266 Å². The number of carboxylic acid groups (broad SMARTS) is 2. The molecule has 42 heteroatoms. The zero-order valence-corrected chi connectivity index (χ0v) is 71.5. The Hall–Kier alpha value is -12.2. The summed E-state index contributed by atoms with van der Waals surface area (Å²) in [7, 11) is 3.00. The molecule has 126 heavy (non-hydrogen) atoms. The number of nitrogens with zero attached hydrogens (tertiary/aromatic N) is 5. The van der Waals surface area contributed by atoms with Crippen LogP contribution in [-0.4, -0.2) is 254 Å². The number of phenols is 2. The molecule has 0 aliphatic carbocycles. The number of phenolic OH excluding ortho intramolecular Hbond substituents is 2. The van der Waals surface area contributed by atoms with Crippen molar-refractivity contribution < 1.29 is 112 Å². The highest BCUT2D eigenvalue weighted by atomic mass is 33.1. The molecule has 2 aromatic heterocycles. The number of aryl methyl sites for hydroxylation is 1. The molecule has 682 valence electrons. The van der Waals surface area contributed by atoms with Gasteiger partial charge >= 0.3 is 24.0 Å². The number of aliphatic carboxylic acids is 2. The SMILES string of the molecule is C[C@@H](O)[C@@H]1NC(=O)[C@H]2CC(=O)[C@@H](NC(=O)CN)CSSC[C@H](NC(=O)[C@H](CCCNC(N)=O)CC(=O)[C@@H]3CCCN3C(=O)[C@H](CC(=O)O)CC1=O)C(=O)C[C@@H](CCCNC(N)=O)C(=O)N[C@@H](Cc1c[nH]c3ccccc13)C(=O)C[C@@H](CCC(N)=O)C(=O)N[C@H](C(=O)C[C@@H](Cc1ccc(O)cc1)C(=O)N(C)[C@@H](Cc1ccc(O)cc1)C(=O)O)CCCn1cc(nn1)C2. The predicted molar refractivity (Wildman–Crippen MR) is 456 cm³/mol. The average Bonchev–Trinajstić information content (AvgIpc) is 1.68. The number of aromatic nitrogens is 4. The fourth-order valence-corrected chi connectivity index (χ4v) is 18.1. The number of aliphatic hydroxyl groups is 1. The molecule has 0 saturated carbocycles. The minimum atomic E-state index is -1.92. The van der Waals surface area contributed by atoms with Gasteiger partial charge in [-0.15, -0.1) is 5.10 Å². The molecule has 0 radical (unpaired) electrons. The number of rotatable bonds is 28. The molecular formula is C84H111N17O23S2. The first-order chi connectivity index (χ1) is 59.9. The number of Topliss-reactive ketones (excluding diaryl/α,β-unsaturated/α-hetero) is 6. The fourth-order valence-electron chi connectivity index (χ4n) is 15.7. The second kappa shape index (κ2) is 48.3. The largest absolute Gasteiger partial charge is 0.508 e. The lowest BCUT2D eigenvalue weighted by molar-refractivity contribution is -0.151. The monoisotopic (exact) mass is 1790 g/mol. The van der Waals surface area contributed by atoms with Crippen LogP contribution in [0.15, 0.2) is 85.2 Å². The lowest BCUT2D eigenvalue weighted by atomic mass is 9.87. The Kier molecular flexibility index (Phi) is 38.1. The van der Waals surface area contributed by atoms with Gasteiger partial charge in [0.05, 0.1) is 66.8 Å². The number of fused-ring (bicyclic) bond motifs is 12. The highest BCUT2D eigenvalue weighted by molar-refractivity contribution is 8.76. The first-order valence-electron chi connectivity index (χ1n) is 41.6. The number of hydrogen-bond donors (Lipinski definition) is 17. The summed E-state index contributed by atoms with van der Waals surface area (Å²) >= 11 is 0. The second-order valence-electron chi connectivity index (χ2n) is 32.1. The van der Waals surface area contributed by atoms with Crippen LogP contribution in [-0.2, 0) is 109 Å². The van der Waals surface area contributed by atoms with E-state index in [0.717, 1.165) is 38.3 Å². The van der Waals surface area contributed by atoms with Crippen molar-refractivity contribution in [1.29, 1.82) is 0 Å². The van der Waals surface area contributed by atoms with Crippen molar-refractivity contribution >= 4 is 138 Å². The van der Waals surface area contributed by atoms with Gasteiger partial charge in [0.1, 0.15) is 23.6 Å². The van der Waals surface area contributed by atoms with Crippen molar-refractivity contribution in [3.05, 3.63) is 108 Å². The topological polar surface area (TPSA) is 650 Å². The third-order valence-electron chi connectivity index (χ3n) is 22.6. The molecule has 2 saturated heterocycles. The van der Waals surface area contributed by atoms with Gasteiger partial charge in [-0.25, -0.2) is 14.4 Å². The van der Waals surface area contributed by atoms with Crippen LogP contribution in [0.4, 0.5) is 9.59 Å². The molecule has 21 N–H and O–H groups in total. The number of primary amides is 3. The van der Waals surface area contributed by atoms with Crippen LogP contribution in [0.2, 0.25) is 0 Å². The number of ketones is 6. The Morgan fingerprint density at radius 2 is 1.23 bits per heavy atom. The fraction of sp³-hybridized carbons (Fsp3) is 0.524. The van der Waals surface area contributed by atoms with Crippen LogP contribution >= 0.6 is 21.6 Å². The molecule has 40 nitrogen and oxygen atoms in total. The van der Waals surface area contributed by atoms with Crippen LogP contribution in [0.3, 0.4) is 0 Å². The standard InChI is InChI=1S/C84H111N17O23S2/c1-45(102)75-71(110)38-53(39-74(113)114)81(120)101-28-8-14-64(101)70(109)35-49(10-6-26-90-84(88)124)77(116)95-63-44-126-125-43-62(92-73(112)40-85)69(108)36-51(79(118)96-75)31-55-42-100(98-97-55)27-7-13-60(66(105)37-52(29-46-15-20-56(103)21-16-46)80(119)99(2)65(82(121)122)30-47-17-22-57(104)23-18-47)93-78(117)50(19-24-72(86)111)34-67(106)61(32-54-41-91-59-12-4-3-11-58(54)59)94-76(115)48(33-68(63)107)9-5-25-89-83(87)123/h3-4,11-12,15-18,20-23,41-42,45,48-53,60-65,75,91,102-104H,5-10,13-14,19,24-40,43-44,85H2,1-2H3,(H2,86,111)(H,92,112)(H,93,117)(H,94,115)(H,95,116)(H,96,118)(H,113,114)(H,121,122)(H3,87,89,123)(H3,88,90,124)/t45-,48-,49-,50-,51-,52-,53+,60+,61+,62+,63+,64+,65+,75+/m1/s1. The number of nitrogens with one attached hydrogen (secondary N) is 8. The highest BCUT2D eigenvalue weighted by Crippen LogP contribution is 2.32. The molecule has 3 aromatic carbocycles. The molecule has 5 heterocycles. The summed E-state index contributed by atoms with van der Waals surface area (Å²) in [4.78, 5) is 264. The molecule has 3 aliphatic heterocycles. The molecule has 2 fully saturated rings. The Bertz CT molecular complexity index is 4760. The number of H-pyrrole nitrogens is 1. The third kappa shape index (κ3) is 30.3. The van der Waals surface area contributed by atoms with Crippen molar-refractivity contribution in [2.45, 2.75) is 197 Å². The normalized spacial score (nSPS) is 23.1. The maximum atomic E-state index is 15.7. The molecule has 0 spiro atoms. The van der Waals surface area contributed by atoms with E-state index in [1.165, 1.54) is 66.5 Å². The Labute approximate surface area is 732 Å². The summed E-state index contributed by atoms with van der Waals surface area (Å²) in [5.74, 6) is -26.0. The van der Waals surface area contributed by atoms with E-state index in [1.807, 2.05) is 0 Å². The van der Waals surface area contributed by atoms with Crippen LogP contribution in [0.1, 0.15) is 138 Å². The van der Waals surface area contributed by atoms with Gasteiger partial charge in [-0.2, -0.15) is 0 Å². The summed E-state index contributed by atoms with van der Waals surface area (Å²) in [6.45, 7) is -0.153. The summed E-state index contributed by atoms with van der Waals surface area (Å²) in [6.07, 6.45) is -7.63. The summed E-state index contributed by atoms with van der Waals surface area (Å²) in [6, 6.07) is 4.99. The molecule has 5 aromatic rings. The predicted octanol–water partition coefficient (Wildman–Crippen LogP) is 0.386. The van der Waals surface area contributed by atoms with Crippen LogP contribution in [0.5, 0.6) is 11.5 Å². The van der Waals surface area contributed by atoms with Gasteiger partial charge < -0.3 is 100 Å². The van der Waals surface area contributed by atoms with Gasteiger partial charge in [-0.1, -0.05) is 69.3 Å². The van der Waals surface area contributed by atoms with E-state index in [4.69, 9.17) is 22.9 Å². The first kappa shape index (κ1) is 99.2. The number of nitrogens with two attached hydrogens (primary N) is 4. The number of para-hydroxylation sites is 1. The van der Waals surface area contributed by atoms with E-state index in [-0.39, 0.29) is 120 Å². The number of hydrogen-bond acceptors (Lipinski definition) is 26. The number of amides is 12. The second-order valence-corrected chi connectivity index (χ2v) is 34.6. The molecule has 12 amide bonds. The molecule has 14 atom stereocenters. The smallest absolute Gasteiger partial charge is 0.326 e. The van der Waals surface area contributed by atoms with E-state index in [9.17, 15) is 68.7 Å². The van der Waals surface area contributed by atoms with Gasteiger partial charge in [0, 0.05) is 156 Å². The molecular weight excluding hydrogens is 1680 g/mol. The number of carboxylic acids is 2. The number of aromatic amines is 1. The number of carbonyl (C=O) groups excluding carboxylic acids is 16. The van der Waals surface area contributed by atoms with Crippen molar-refractivity contribution in [2.24, 2.45) is 58.4 Å². The zero-order valence-electron chi connectivity index (χ0n) is 69.9. The van der Waals surface area contributed by atoms with E-state index in [1.54, 1.807) is 30.5 Å². The van der Waals surface area contributed by atoms with Crippen molar-refractivity contribution in [3.8, 4) is 11.5 Å². The zero-order chi connectivity index (χ0) is 92.0. The maximum Gasteiger partial charge on any atom is 0.326 e. The third-order valence-corrected chi connectivity index (χ3v) is 25.0. The van der Waals surface area contributed by atoms with Crippen molar-refractivity contribution in [2.75, 3.05) is 44.7 Å². The van der Waals surface area contributed by atoms with E-state index in [2.05, 4.69) is 52.5 Å².